The molecule has 5 nitrogen and oxygen atoms in total. The normalized spacial score (nSPS) is 17.4. The first-order valence-corrected chi connectivity index (χ1v) is 8.40. The fourth-order valence-corrected chi connectivity index (χ4v) is 3.20. The summed E-state index contributed by atoms with van der Waals surface area (Å²) in [6.45, 7) is 2.06. The quantitative estimate of drug-likeness (QED) is 0.800. The molecule has 1 aliphatic heterocycles. The molecule has 1 fully saturated rings. The molecule has 1 saturated heterocycles. The van der Waals surface area contributed by atoms with Gasteiger partial charge < -0.3 is 14.7 Å². The van der Waals surface area contributed by atoms with Crippen molar-refractivity contribution in [1.29, 1.82) is 0 Å². The summed E-state index contributed by atoms with van der Waals surface area (Å²) in [5.41, 5.74) is 2.56. The van der Waals surface area contributed by atoms with E-state index >= 15 is 0 Å². The van der Waals surface area contributed by atoms with Gasteiger partial charge in [-0.15, -0.1) is 0 Å². The fraction of sp³-hybridized carbons (Fsp3) is 0.200. The van der Waals surface area contributed by atoms with Crippen LogP contribution >= 0.6 is 0 Å². The summed E-state index contributed by atoms with van der Waals surface area (Å²) in [7, 11) is 0. The number of carbonyl (C=O) groups excluding carboxylic acids is 1. The Morgan fingerprint density at radius 3 is 2.56 bits per heavy atom. The first-order valence-electron chi connectivity index (χ1n) is 8.40. The van der Waals surface area contributed by atoms with Gasteiger partial charge in [0.1, 0.15) is 5.56 Å². The SMILES string of the molecule is O=C(c1cnoc1-c1ccccc1)N1CCN[C@H](c2ccccc2)C1. The number of aromatic nitrogens is 1. The smallest absolute Gasteiger partial charge is 0.259 e. The first-order chi connectivity index (χ1) is 12.3. The number of benzene rings is 2. The molecular formula is C20H19N3O2. The van der Waals surface area contributed by atoms with Crippen molar-refractivity contribution in [2.75, 3.05) is 19.6 Å². The van der Waals surface area contributed by atoms with Gasteiger partial charge in [-0.1, -0.05) is 65.8 Å². The molecule has 0 spiro atoms. The molecule has 1 atom stereocenters. The molecule has 0 aliphatic carbocycles. The summed E-state index contributed by atoms with van der Waals surface area (Å²) in [4.78, 5) is 14.9. The van der Waals surface area contributed by atoms with Crippen LogP contribution in [0, 0.1) is 0 Å². The minimum absolute atomic E-state index is 0.0393. The zero-order valence-corrected chi connectivity index (χ0v) is 13.8. The van der Waals surface area contributed by atoms with Crippen LogP contribution in [-0.2, 0) is 0 Å². The fourth-order valence-electron chi connectivity index (χ4n) is 3.20. The Morgan fingerprint density at radius 2 is 1.80 bits per heavy atom. The topological polar surface area (TPSA) is 58.4 Å². The van der Waals surface area contributed by atoms with E-state index in [-0.39, 0.29) is 11.9 Å². The highest BCUT2D eigenvalue weighted by molar-refractivity contribution is 5.99. The van der Waals surface area contributed by atoms with Crippen LogP contribution in [0.4, 0.5) is 0 Å². The van der Waals surface area contributed by atoms with Crippen molar-refractivity contribution < 1.29 is 9.32 Å². The Morgan fingerprint density at radius 1 is 1.08 bits per heavy atom. The van der Waals surface area contributed by atoms with E-state index in [1.54, 1.807) is 0 Å². The van der Waals surface area contributed by atoms with Gasteiger partial charge in [-0.05, 0) is 5.56 Å². The highest BCUT2D eigenvalue weighted by Crippen LogP contribution is 2.26. The molecule has 0 unspecified atom stereocenters. The van der Waals surface area contributed by atoms with Crippen LogP contribution in [0.3, 0.4) is 0 Å². The van der Waals surface area contributed by atoms with Gasteiger partial charge >= 0.3 is 0 Å². The van der Waals surface area contributed by atoms with Crippen LogP contribution < -0.4 is 5.32 Å². The van der Waals surface area contributed by atoms with Crippen molar-refractivity contribution in [1.82, 2.24) is 15.4 Å². The molecule has 126 valence electrons. The Balaban J connectivity index is 1.57. The van der Waals surface area contributed by atoms with E-state index in [2.05, 4.69) is 22.6 Å². The molecule has 0 bridgehead atoms. The van der Waals surface area contributed by atoms with E-state index in [1.165, 1.54) is 11.8 Å². The standard InChI is InChI=1S/C20H19N3O2/c24-20(17-13-22-25-19(17)16-9-5-2-6-10-16)23-12-11-21-18(14-23)15-7-3-1-4-8-15/h1-10,13,18,21H,11-12,14H2/t18-/m0/s1. The van der Waals surface area contributed by atoms with E-state index in [4.69, 9.17) is 4.52 Å². The average Bonchev–Trinajstić information content (AvgIpc) is 3.19. The van der Waals surface area contributed by atoms with Crippen molar-refractivity contribution in [3.05, 3.63) is 78.0 Å². The molecule has 1 aromatic heterocycles. The molecule has 4 rings (SSSR count). The minimum atomic E-state index is -0.0393. The second-order valence-electron chi connectivity index (χ2n) is 6.10. The van der Waals surface area contributed by atoms with Gasteiger partial charge in [-0.3, -0.25) is 4.79 Å². The zero-order valence-electron chi connectivity index (χ0n) is 13.8. The lowest BCUT2D eigenvalue weighted by atomic mass is 10.0. The Kier molecular flexibility index (Phi) is 4.31. The maximum atomic E-state index is 13.0. The van der Waals surface area contributed by atoms with Crippen LogP contribution in [0.1, 0.15) is 22.0 Å². The predicted molar refractivity (Wildman–Crippen MR) is 95.0 cm³/mol. The Hall–Kier alpha value is -2.92. The van der Waals surface area contributed by atoms with Gasteiger partial charge in [0, 0.05) is 31.2 Å². The molecular weight excluding hydrogens is 314 g/mol. The van der Waals surface area contributed by atoms with E-state index in [0.29, 0.717) is 24.4 Å². The van der Waals surface area contributed by atoms with Crippen molar-refractivity contribution in [2.24, 2.45) is 0 Å². The molecule has 25 heavy (non-hydrogen) atoms. The van der Waals surface area contributed by atoms with Crippen molar-refractivity contribution in [2.45, 2.75) is 6.04 Å². The summed E-state index contributed by atoms with van der Waals surface area (Å²) in [6.07, 6.45) is 1.52. The third kappa shape index (κ3) is 3.19. The molecule has 2 aromatic carbocycles. The third-order valence-corrected chi connectivity index (χ3v) is 4.50. The maximum Gasteiger partial charge on any atom is 0.259 e. The second-order valence-corrected chi connectivity index (χ2v) is 6.10. The molecule has 3 aromatic rings. The molecule has 1 aliphatic rings. The third-order valence-electron chi connectivity index (χ3n) is 4.50. The highest BCUT2D eigenvalue weighted by Gasteiger charge is 2.28. The summed E-state index contributed by atoms with van der Waals surface area (Å²) in [6, 6.07) is 19.9. The maximum absolute atomic E-state index is 13.0. The van der Waals surface area contributed by atoms with E-state index in [0.717, 1.165) is 12.1 Å². The van der Waals surface area contributed by atoms with Crippen molar-refractivity contribution in [3.8, 4) is 11.3 Å². The highest BCUT2D eigenvalue weighted by atomic mass is 16.5. The van der Waals surface area contributed by atoms with Crippen molar-refractivity contribution in [3.63, 3.8) is 0 Å². The van der Waals surface area contributed by atoms with Crippen LogP contribution in [0.5, 0.6) is 0 Å². The number of amides is 1. The van der Waals surface area contributed by atoms with Gasteiger partial charge in [0.15, 0.2) is 5.76 Å². The summed E-state index contributed by atoms with van der Waals surface area (Å²) < 4.78 is 5.36. The number of hydrogen-bond donors (Lipinski definition) is 1. The number of rotatable bonds is 3. The molecule has 0 saturated carbocycles. The Labute approximate surface area is 146 Å². The van der Waals surface area contributed by atoms with Gasteiger partial charge in [0.2, 0.25) is 0 Å². The van der Waals surface area contributed by atoms with E-state index in [9.17, 15) is 4.79 Å². The number of carbonyl (C=O) groups is 1. The van der Waals surface area contributed by atoms with Crippen LogP contribution in [0.15, 0.2) is 71.4 Å². The van der Waals surface area contributed by atoms with Gasteiger partial charge in [0.25, 0.3) is 5.91 Å². The first kappa shape index (κ1) is 15.6. The molecule has 1 amide bonds. The van der Waals surface area contributed by atoms with Gasteiger partial charge in [-0.25, -0.2) is 0 Å². The minimum Gasteiger partial charge on any atom is -0.355 e. The summed E-state index contributed by atoms with van der Waals surface area (Å²) >= 11 is 0. The summed E-state index contributed by atoms with van der Waals surface area (Å²) in [5, 5.41) is 7.33. The van der Waals surface area contributed by atoms with E-state index < -0.39 is 0 Å². The number of nitrogens with one attached hydrogen (secondary N) is 1. The van der Waals surface area contributed by atoms with E-state index in [1.807, 2.05) is 53.4 Å². The number of hydrogen-bond acceptors (Lipinski definition) is 4. The second kappa shape index (κ2) is 6.91. The lowest BCUT2D eigenvalue weighted by Crippen LogP contribution is -2.48. The van der Waals surface area contributed by atoms with Gasteiger partial charge in [0.05, 0.1) is 6.20 Å². The van der Waals surface area contributed by atoms with Crippen LogP contribution in [0.25, 0.3) is 11.3 Å². The summed E-state index contributed by atoms with van der Waals surface area (Å²) in [5.74, 6) is 0.489. The monoisotopic (exact) mass is 333 g/mol. The Bertz CT molecular complexity index is 846. The van der Waals surface area contributed by atoms with Crippen LogP contribution in [0.2, 0.25) is 0 Å². The molecule has 2 heterocycles. The molecule has 1 N–H and O–H groups in total. The lowest BCUT2D eigenvalue weighted by molar-refractivity contribution is 0.0703. The largest absolute Gasteiger partial charge is 0.355 e. The lowest BCUT2D eigenvalue weighted by Gasteiger charge is -2.33. The van der Waals surface area contributed by atoms with Gasteiger partial charge in [-0.2, -0.15) is 0 Å². The number of piperazine rings is 1. The predicted octanol–water partition coefficient (Wildman–Crippen LogP) is 3.13. The van der Waals surface area contributed by atoms with Crippen molar-refractivity contribution >= 4 is 5.91 Å². The molecule has 0 radical (unpaired) electrons. The average molecular weight is 333 g/mol. The zero-order chi connectivity index (χ0) is 17.1. The molecule has 5 heteroatoms. The number of nitrogens with zero attached hydrogens (tertiary/aromatic N) is 2. The van der Waals surface area contributed by atoms with Crippen LogP contribution in [-0.4, -0.2) is 35.6 Å².